The number of aromatic nitrogens is 1. The van der Waals surface area contributed by atoms with Crippen LogP contribution in [-0.4, -0.2) is 45.9 Å². The molecule has 0 unspecified atom stereocenters. The third-order valence-corrected chi connectivity index (χ3v) is 5.81. The molecule has 1 saturated carbocycles. The highest BCUT2D eigenvalue weighted by Crippen LogP contribution is 2.34. The van der Waals surface area contributed by atoms with E-state index in [2.05, 4.69) is 4.98 Å². The summed E-state index contributed by atoms with van der Waals surface area (Å²) in [5, 5.41) is 0. The first-order chi connectivity index (χ1) is 14.9. The monoisotopic (exact) mass is 445 g/mol. The molecule has 3 rings (SSSR count). The molecule has 1 aromatic heterocycles. The lowest BCUT2D eigenvalue weighted by atomic mass is 9.97. The van der Waals surface area contributed by atoms with Gasteiger partial charge in [0.25, 0.3) is 0 Å². The highest BCUT2D eigenvalue weighted by Gasteiger charge is 2.34. The minimum atomic E-state index is -0.566. The van der Waals surface area contributed by atoms with Crippen molar-refractivity contribution in [2.45, 2.75) is 110 Å². The van der Waals surface area contributed by atoms with Crippen molar-refractivity contribution in [2.24, 2.45) is 0 Å². The van der Waals surface area contributed by atoms with Crippen LogP contribution in [-0.2, 0) is 9.47 Å². The van der Waals surface area contributed by atoms with Gasteiger partial charge >= 0.3 is 12.2 Å². The van der Waals surface area contributed by atoms with Crippen LogP contribution in [0.25, 0.3) is 0 Å². The van der Waals surface area contributed by atoms with E-state index in [-0.39, 0.29) is 24.3 Å². The molecule has 0 radical (unpaired) electrons. The largest absolute Gasteiger partial charge is 0.444 e. The Hall–Kier alpha value is -2.31. The van der Waals surface area contributed by atoms with E-state index in [1.54, 1.807) is 11.1 Å². The maximum atomic E-state index is 13.0. The van der Waals surface area contributed by atoms with Crippen molar-refractivity contribution in [1.29, 1.82) is 0 Å². The van der Waals surface area contributed by atoms with Crippen molar-refractivity contribution < 1.29 is 19.1 Å². The lowest BCUT2D eigenvalue weighted by molar-refractivity contribution is 0.00947. The van der Waals surface area contributed by atoms with Gasteiger partial charge in [0, 0.05) is 18.8 Å². The summed E-state index contributed by atoms with van der Waals surface area (Å²) in [7, 11) is 0. The van der Waals surface area contributed by atoms with E-state index < -0.39 is 11.2 Å². The Kier molecular flexibility index (Phi) is 7.36. The second-order valence-electron chi connectivity index (χ2n) is 10.9. The number of anilines is 1. The average molecular weight is 446 g/mol. The molecule has 1 aliphatic heterocycles. The van der Waals surface area contributed by atoms with Crippen LogP contribution in [0.15, 0.2) is 18.3 Å². The summed E-state index contributed by atoms with van der Waals surface area (Å²) in [6.07, 6.45) is 8.19. The van der Waals surface area contributed by atoms with E-state index in [9.17, 15) is 9.59 Å². The van der Waals surface area contributed by atoms with Crippen LogP contribution in [0.5, 0.6) is 0 Å². The van der Waals surface area contributed by atoms with Gasteiger partial charge in [-0.1, -0.05) is 18.9 Å². The molecule has 1 atom stereocenters. The molecule has 1 aromatic rings. The summed E-state index contributed by atoms with van der Waals surface area (Å²) < 4.78 is 11.3. The number of nitrogens with zero attached hydrogens (tertiary/aromatic N) is 3. The Labute approximate surface area is 192 Å². The number of ether oxygens (including phenoxy) is 2. The molecule has 0 bridgehead atoms. The van der Waals surface area contributed by atoms with Crippen molar-refractivity contribution in [2.75, 3.05) is 11.4 Å². The van der Waals surface area contributed by atoms with Crippen molar-refractivity contribution in [1.82, 2.24) is 9.88 Å². The number of likely N-dealkylation sites (tertiary alicyclic amines) is 1. The number of hydrogen-bond donors (Lipinski definition) is 0. The molecule has 0 N–H and O–H groups in total. The quantitative estimate of drug-likeness (QED) is 0.552. The summed E-state index contributed by atoms with van der Waals surface area (Å²) in [4.78, 5) is 34.0. The highest BCUT2D eigenvalue weighted by atomic mass is 16.6. The summed E-state index contributed by atoms with van der Waals surface area (Å²) >= 11 is 0. The van der Waals surface area contributed by atoms with E-state index in [1.807, 2.05) is 58.6 Å². The molecule has 2 fully saturated rings. The predicted octanol–water partition coefficient (Wildman–Crippen LogP) is 6.23. The Bertz CT molecular complexity index is 789. The zero-order valence-electron chi connectivity index (χ0n) is 20.5. The van der Waals surface area contributed by atoms with Gasteiger partial charge in [-0.25, -0.2) is 14.6 Å². The lowest BCUT2D eigenvalue weighted by Gasteiger charge is -2.37. The number of amides is 2. The molecule has 32 heavy (non-hydrogen) atoms. The van der Waals surface area contributed by atoms with Gasteiger partial charge in [-0.3, -0.25) is 4.90 Å². The molecule has 2 heterocycles. The van der Waals surface area contributed by atoms with Gasteiger partial charge in [0.1, 0.15) is 17.0 Å². The van der Waals surface area contributed by atoms with Gasteiger partial charge in [-0.05, 0) is 85.3 Å². The second kappa shape index (κ2) is 9.67. The first-order valence-corrected chi connectivity index (χ1v) is 11.9. The normalized spacial score (nSPS) is 20.2. The molecule has 1 saturated heterocycles. The third kappa shape index (κ3) is 6.36. The Balaban J connectivity index is 1.81. The fourth-order valence-electron chi connectivity index (χ4n) is 4.46. The maximum Gasteiger partial charge on any atom is 0.416 e. The third-order valence-electron chi connectivity index (χ3n) is 5.81. The molecular formula is C25H39N3O4. The molecular weight excluding hydrogens is 406 g/mol. The Morgan fingerprint density at radius 1 is 0.938 bits per heavy atom. The fourth-order valence-corrected chi connectivity index (χ4v) is 4.46. The molecule has 0 spiro atoms. The minimum absolute atomic E-state index is 0.0680. The van der Waals surface area contributed by atoms with Crippen LogP contribution in [0.4, 0.5) is 15.4 Å². The van der Waals surface area contributed by atoms with Crippen molar-refractivity contribution in [3.8, 4) is 0 Å². The molecule has 1 aliphatic carbocycles. The van der Waals surface area contributed by atoms with Gasteiger partial charge in [0.2, 0.25) is 0 Å². The number of carbonyl (C=O) groups is 2. The topological polar surface area (TPSA) is 72.0 Å². The standard InChI is InChI=1S/C25H39N3O4/c1-24(2,3)31-22(29)27-16-10-9-13-20(27)18-14-15-21(26-17-18)28(19-11-7-8-12-19)23(30)32-25(4,5)6/h14-15,17,19-20H,7-13,16H2,1-6H3/t20-/m1/s1. The van der Waals surface area contributed by atoms with Crippen LogP contribution >= 0.6 is 0 Å². The number of hydrogen-bond acceptors (Lipinski definition) is 5. The molecule has 7 heteroatoms. The van der Waals surface area contributed by atoms with E-state index in [1.165, 1.54) is 0 Å². The highest BCUT2D eigenvalue weighted by molar-refractivity contribution is 5.87. The van der Waals surface area contributed by atoms with E-state index >= 15 is 0 Å². The summed E-state index contributed by atoms with van der Waals surface area (Å²) in [6, 6.07) is 3.92. The van der Waals surface area contributed by atoms with Crippen LogP contribution in [0, 0.1) is 0 Å². The Morgan fingerprint density at radius 3 is 2.12 bits per heavy atom. The molecule has 0 aromatic carbocycles. The second-order valence-corrected chi connectivity index (χ2v) is 10.9. The van der Waals surface area contributed by atoms with Gasteiger partial charge in [0.15, 0.2) is 0 Å². The van der Waals surface area contributed by atoms with E-state index in [0.717, 1.165) is 50.5 Å². The van der Waals surface area contributed by atoms with Crippen LogP contribution in [0.1, 0.15) is 98.1 Å². The van der Waals surface area contributed by atoms with E-state index in [4.69, 9.17) is 9.47 Å². The van der Waals surface area contributed by atoms with Crippen LogP contribution in [0.3, 0.4) is 0 Å². The van der Waals surface area contributed by atoms with Gasteiger partial charge < -0.3 is 14.4 Å². The van der Waals surface area contributed by atoms with Crippen LogP contribution in [0.2, 0.25) is 0 Å². The smallest absolute Gasteiger partial charge is 0.416 e. The number of rotatable bonds is 3. The fraction of sp³-hybridized carbons (Fsp3) is 0.720. The van der Waals surface area contributed by atoms with E-state index in [0.29, 0.717) is 12.4 Å². The molecule has 178 valence electrons. The average Bonchev–Trinajstić information content (AvgIpc) is 3.20. The summed E-state index contributed by atoms with van der Waals surface area (Å²) in [6.45, 7) is 12.0. The SMILES string of the molecule is CC(C)(C)OC(=O)N(c1ccc([C@H]2CCCCN2C(=O)OC(C)(C)C)cn1)C1CCCC1. The number of piperidine rings is 1. The number of pyridine rings is 1. The van der Waals surface area contributed by atoms with Crippen molar-refractivity contribution in [3.05, 3.63) is 23.9 Å². The first kappa shape index (κ1) is 24.3. The molecule has 7 nitrogen and oxygen atoms in total. The summed E-state index contributed by atoms with van der Waals surface area (Å²) in [5.41, 5.74) is -0.129. The molecule has 2 aliphatic rings. The Morgan fingerprint density at radius 2 is 1.56 bits per heavy atom. The van der Waals surface area contributed by atoms with Crippen molar-refractivity contribution in [3.63, 3.8) is 0 Å². The lowest BCUT2D eigenvalue weighted by Crippen LogP contribution is -2.43. The van der Waals surface area contributed by atoms with Gasteiger partial charge in [0.05, 0.1) is 6.04 Å². The van der Waals surface area contributed by atoms with Crippen molar-refractivity contribution >= 4 is 18.0 Å². The minimum Gasteiger partial charge on any atom is -0.444 e. The molecule has 2 amide bonds. The van der Waals surface area contributed by atoms with Gasteiger partial charge in [-0.15, -0.1) is 0 Å². The van der Waals surface area contributed by atoms with Gasteiger partial charge in [-0.2, -0.15) is 0 Å². The maximum absolute atomic E-state index is 13.0. The summed E-state index contributed by atoms with van der Waals surface area (Å²) in [5.74, 6) is 0.606. The zero-order valence-corrected chi connectivity index (χ0v) is 20.5. The van der Waals surface area contributed by atoms with Crippen LogP contribution < -0.4 is 4.90 Å². The first-order valence-electron chi connectivity index (χ1n) is 11.9. The number of carbonyl (C=O) groups excluding carboxylic acids is 2. The predicted molar refractivity (Wildman–Crippen MR) is 125 cm³/mol. The zero-order chi connectivity index (χ0) is 23.5.